The molecule has 0 aliphatic heterocycles. The summed E-state index contributed by atoms with van der Waals surface area (Å²) in [5.41, 5.74) is 2.80. The molecule has 0 fully saturated rings. The van der Waals surface area contributed by atoms with Crippen molar-refractivity contribution in [3.63, 3.8) is 0 Å². The second-order valence-corrected chi connectivity index (χ2v) is 5.26. The van der Waals surface area contributed by atoms with Gasteiger partial charge >= 0.3 is 0 Å². The van der Waals surface area contributed by atoms with E-state index in [1.807, 2.05) is 0 Å². The minimum atomic E-state index is 0.626. The summed E-state index contributed by atoms with van der Waals surface area (Å²) in [5, 5.41) is 4.57. The largest absolute Gasteiger partial charge is 0.313 e. The first-order chi connectivity index (χ1) is 7.74. The van der Waals surface area contributed by atoms with Gasteiger partial charge in [-0.3, -0.25) is 0 Å². The number of hydrogen-bond donors (Lipinski definition) is 1. The Morgan fingerprint density at radius 3 is 2.38 bits per heavy atom. The van der Waals surface area contributed by atoms with Crippen LogP contribution < -0.4 is 5.32 Å². The standard InChI is InChI=1S/C14H22BrN/c1-12(2)14-7-5-13(6-8-14)11-16-10-4-3-9-15/h5-8,12,16H,3-4,9-11H2,1-2H3. The lowest BCUT2D eigenvalue weighted by atomic mass is 10.0. The number of hydrogen-bond acceptors (Lipinski definition) is 1. The van der Waals surface area contributed by atoms with E-state index in [2.05, 4.69) is 59.4 Å². The number of benzene rings is 1. The molecule has 0 saturated carbocycles. The fraction of sp³-hybridized carbons (Fsp3) is 0.571. The molecule has 1 nitrogen and oxygen atoms in total. The maximum absolute atomic E-state index is 3.46. The zero-order valence-corrected chi connectivity index (χ0v) is 11.9. The van der Waals surface area contributed by atoms with Gasteiger partial charge in [-0.25, -0.2) is 0 Å². The Bertz CT molecular complexity index is 279. The Labute approximate surface area is 108 Å². The second-order valence-electron chi connectivity index (χ2n) is 4.47. The molecular formula is C14H22BrN. The number of halogens is 1. The quantitative estimate of drug-likeness (QED) is 0.588. The Morgan fingerprint density at radius 1 is 1.12 bits per heavy atom. The van der Waals surface area contributed by atoms with Crippen molar-refractivity contribution in [3.8, 4) is 0 Å². The van der Waals surface area contributed by atoms with Crippen molar-refractivity contribution in [2.24, 2.45) is 0 Å². The van der Waals surface area contributed by atoms with Crippen molar-refractivity contribution in [1.29, 1.82) is 0 Å². The third-order valence-electron chi connectivity index (χ3n) is 2.71. The van der Waals surface area contributed by atoms with Gasteiger partial charge in [0.2, 0.25) is 0 Å². The number of rotatable bonds is 7. The molecule has 0 unspecified atom stereocenters. The van der Waals surface area contributed by atoms with E-state index in [-0.39, 0.29) is 0 Å². The Balaban J connectivity index is 2.27. The molecule has 0 spiro atoms. The van der Waals surface area contributed by atoms with Crippen LogP contribution in [-0.2, 0) is 6.54 Å². The molecule has 0 amide bonds. The maximum Gasteiger partial charge on any atom is 0.0205 e. The minimum absolute atomic E-state index is 0.626. The van der Waals surface area contributed by atoms with E-state index in [1.165, 1.54) is 24.0 Å². The summed E-state index contributed by atoms with van der Waals surface area (Å²) in [6, 6.07) is 8.93. The molecule has 0 radical (unpaired) electrons. The molecule has 1 N–H and O–H groups in total. The molecule has 0 aliphatic carbocycles. The summed E-state index contributed by atoms with van der Waals surface area (Å²) < 4.78 is 0. The molecule has 16 heavy (non-hydrogen) atoms. The van der Waals surface area contributed by atoms with Crippen LogP contribution in [0.5, 0.6) is 0 Å². The molecule has 0 heterocycles. The van der Waals surface area contributed by atoms with Gasteiger partial charge in [0, 0.05) is 11.9 Å². The predicted molar refractivity (Wildman–Crippen MR) is 75.3 cm³/mol. The summed E-state index contributed by atoms with van der Waals surface area (Å²) in [4.78, 5) is 0. The third-order valence-corrected chi connectivity index (χ3v) is 3.27. The van der Waals surface area contributed by atoms with Crippen molar-refractivity contribution in [2.45, 2.75) is 39.2 Å². The Morgan fingerprint density at radius 2 is 1.81 bits per heavy atom. The normalized spacial score (nSPS) is 11.0. The molecule has 0 aromatic heterocycles. The van der Waals surface area contributed by atoms with E-state index in [1.54, 1.807) is 0 Å². The Hall–Kier alpha value is -0.340. The SMILES string of the molecule is CC(C)c1ccc(CNCCCCBr)cc1. The average Bonchev–Trinajstić information content (AvgIpc) is 2.29. The smallest absolute Gasteiger partial charge is 0.0205 e. The highest BCUT2D eigenvalue weighted by atomic mass is 79.9. The van der Waals surface area contributed by atoms with E-state index in [9.17, 15) is 0 Å². The lowest BCUT2D eigenvalue weighted by Crippen LogP contribution is -2.14. The van der Waals surface area contributed by atoms with Gasteiger partial charge in [0.25, 0.3) is 0 Å². The van der Waals surface area contributed by atoms with Crippen LogP contribution in [0.1, 0.15) is 43.7 Å². The molecule has 1 rings (SSSR count). The van der Waals surface area contributed by atoms with E-state index >= 15 is 0 Å². The molecule has 90 valence electrons. The van der Waals surface area contributed by atoms with E-state index in [0.29, 0.717) is 5.92 Å². The molecular weight excluding hydrogens is 262 g/mol. The van der Waals surface area contributed by atoms with E-state index in [4.69, 9.17) is 0 Å². The van der Waals surface area contributed by atoms with Crippen LogP contribution in [0.15, 0.2) is 24.3 Å². The van der Waals surface area contributed by atoms with Gasteiger partial charge in [-0.2, -0.15) is 0 Å². The van der Waals surface area contributed by atoms with E-state index < -0.39 is 0 Å². The third kappa shape index (κ3) is 5.13. The Kier molecular flexibility index (Phi) is 6.74. The van der Waals surface area contributed by atoms with Crippen LogP contribution in [0.25, 0.3) is 0 Å². The summed E-state index contributed by atoms with van der Waals surface area (Å²) >= 11 is 3.44. The molecule has 2 heteroatoms. The van der Waals surface area contributed by atoms with Gasteiger partial charge in [-0.15, -0.1) is 0 Å². The maximum atomic E-state index is 3.46. The average molecular weight is 284 g/mol. The fourth-order valence-electron chi connectivity index (χ4n) is 1.60. The fourth-order valence-corrected chi connectivity index (χ4v) is 1.99. The number of alkyl halides is 1. The monoisotopic (exact) mass is 283 g/mol. The van der Waals surface area contributed by atoms with Crippen molar-refractivity contribution in [1.82, 2.24) is 5.32 Å². The van der Waals surface area contributed by atoms with Crippen LogP contribution in [0, 0.1) is 0 Å². The zero-order valence-electron chi connectivity index (χ0n) is 10.3. The summed E-state index contributed by atoms with van der Waals surface area (Å²) in [6.45, 7) is 6.55. The van der Waals surface area contributed by atoms with Gasteiger partial charge in [-0.1, -0.05) is 54.0 Å². The van der Waals surface area contributed by atoms with Crippen LogP contribution in [-0.4, -0.2) is 11.9 Å². The van der Waals surface area contributed by atoms with Crippen LogP contribution in [0.3, 0.4) is 0 Å². The molecule has 1 aromatic carbocycles. The molecule has 0 bridgehead atoms. The predicted octanol–water partition coefficient (Wildman–Crippen LogP) is 4.07. The van der Waals surface area contributed by atoms with Crippen molar-refractivity contribution >= 4 is 15.9 Å². The van der Waals surface area contributed by atoms with Crippen LogP contribution in [0.4, 0.5) is 0 Å². The van der Waals surface area contributed by atoms with Gasteiger partial charge in [0.15, 0.2) is 0 Å². The number of unbranched alkanes of at least 4 members (excludes halogenated alkanes) is 1. The highest BCUT2D eigenvalue weighted by Gasteiger charge is 1.98. The first kappa shape index (κ1) is 13.7. The second kappa shape index (κ2) is 7.86. The van der Waals surface area contributed by atoms with Crippen LogP contribution >= 0.6 is 15.9 Å². The van der Waals surface area contributed by atoms with Crippen LogP contribution in [0.2, 0.25) is 0 Å². The van der Waals surface area contributed by atoms with Gasteiger partial charge in [0.1, 0.15) is 0 Å². The zero-order chi connectivity index (χ0) is 11.8. The summed E-state index contributed by atoms with van der Waals surface area (Å²) in [6.07, 6.45) is 2.49. The highest BCUT2D eigenvalue weighted by molar-refractivity contribution is 9.09. The van der Waals surface area contributed by atoms with Gasteiger partial charge < -0.3 is 5.32 Å². The molecule has 1 aromatic rings. The molecule has 0 atom stereocenters. The lowest BCUT2D eigenvalue weighted by molar-refractivity contribution is 0.644. The highest BCUT2D eigenvalue weighted by Crippen LogP contribution is 2.14. The van der Waals surface area contributed by atoms with Crippen molar-refractivity contribution in [3.05, 3.63) is 35.4 Å². The molecule has 0 saturated heterocycles. The first-order valence-electron chi connectivity index (χ1n) is 6.09. The number of nitrogens with one attached hydrogen (secondary N) is 1. The van der Waals surface area contributed by atoms with Crippen molar-refractivity contribution < 1.29 is 0 Å². The van der Waals surface area contributed by atoms with Gasteiger partial charge in [-0.05, 0) is 36.4 Å². The van der Waals surface area contributed by atoms with Gasteiger partial charge in [0.05, 0.1) is 0 Å². The van der Waals surface area contributed by atoms with Crippen molar-refractivity contribution in [2.75, 3.05) is 11.9 Å². The topological polar surface area (TPSA) is 12.0 Å². The minimum Gasteiger partial charge on any atom is -0.313 e. The summed E-state index contributed by atoms with van der Waals surface area (Å²) in [7, 11) is 0. The summed E-state index contributed by atoms with van der Waals surface area (Å²) in [5.74, 6) is 0.626. The first-order valence-corrected chi connectivity index (χ1v) is 7.21. The molecule has 0 aliphatic rings. The lowest BCUT2D eigenvalue weighted by Gasteiger charge is -2.07. The van der Waals surface area contributed by atoms with E-state index in [0.717, 1.165) is 18.4 Å².